The first-order valence-electron chi connectivity index (χ1n) is 8.42. The number of aryl methyl sites for hydroxylation is 1. The van der Waals surface area contributed by atoms with E-state index >= 15 is 0 Å². The van der Waals surface area contributed by atoms with Gasteiger partial charge in [-0.1, -0.05) is 36.4 Å². The summed E-state index contributed by atoms with van der Waals surface area (Å²) in [5.74, 6) is 1.25. The fourth-order valence-electron chi connectivity index (χ4n) is 2.56. The third-order valence-electron chi connectivity index (χ3n) is 4.03. The van der Waals surface area contributed by atoms with E-state index in [2.05, 4.69) is 4.72 Å². The van der Waals surface area contributed by atoms with E-state index in [0.717, 1.165) is 6.07 Å². The van der Waals surface area contributed by atoms with Crippen LogP contribution in [0.1, 0.15) is 11.1 Å². The van der Waals surface area contributed by atoms with Crippen LogP contribution < -0.4 is 9.46 Å². The minimum Gasteiger partial charge on any atom is -0.457 e. The van der Waals surface area contributed by atoms with Crippen LogP contribution in [0, 0.1) is 17.0 Å². The highest BCUT2D eigenvalue weighted by atomic mass is 32.2. The topological polar surface area (TPSA) is 98.5 Å². The Hall–Kier alpha value is -3.23. The van der Waals surface area contributed by atoms with E-state index in [-0.39, 0.29) is 17.1 Å². The van der Waals surface area contributed by atoms with Gasteiger partial charge < -0.3 is 4.74 Å². The monoisotopic (exact) mass is 398 g/mol. The molecule has 0 aliphatic carbocycles. The molecular formula is C20H18N2O5S. The third-order valence-corrected chi connectivity index (χ3v) is 5.43. The highest BCUT2D eigenvalue weighted by Gasteiger charge is 2.19. The number of nitro benzene ring substituents is 1. The molecule has 0 fully saturated rings. The summed E-state index contributed by atoms with van der Waals surface area (Å²) in [6.07, 6.45) is 0. The fraction of sp³-hybridized carbons (Fsp3) is 0.100. The molecule has 0 atom stereocenters. The third kappa shape index (κ3) is 4.73. The Kier molecular flexibility index (Phi) is 5.72. The summed E-state index contributed by atoms with van der Waals surface area (Å²) in [6.45, 7) is 1.58. The molecule has 0 unspecified atom stereocenters. The Labute approximate surface area is 162 Å². The zero-order chi connectivity index (χ0) is 20.1. The van der Waals surface area contributed by atoms with E-state index in [1.807, 2.05) is 30.3 Å². The number of ether oxygens (including phenoxy) is 1. The van der Waals surface area contributed by atoms with Crippen molar-refractivity contribution in [3.63, 3.8) is 0 Å². The van der Waals surface area contributed by atoms with Gasteiger partial charge in [0, 0.05) is 18.2 Å². The molecule has 0 saturated carbocycles. The number of rotatable bonds is 7. The van der Waals surface area contributed by atoms with Gasteiger partial charge in [0.2, 0.25) is 10.0 Å². The van der Waals surface area contributed by atoms with Crippen molar-refractivity contribution in [3.05, 3.63) is 94.0 Å². The first-order valence-corrected chi connectivity index (χ1v) is 9.90. The molecule has 3 aromatic rings. The second-order valence-corrected chi connectivity index (χ2v) is 7.86. The SMILES string of the molecule is Cc1ccc(S(=O)(=O)NCc2cccc(Oc3ccccc3)c2)cc1[N+](=O)[O-]. The lowest BCUT2D eigenvalue weighted by Gasteiger charge is -2.10. The molecule has 0 aliphatic rings. The maximum absolute atomic E-state index is 12.5. The molecule has 3 rings (SSSR count). The summed E-state index contributed by atoms with van der Waals surface area (Å²) >= 11 is 0. The van der Waals surface area contributed by atoms with Gasteiger partial charge in [-0.3, -0.25) is 10.1 Å². The molecule has 0 amide bonds. The average Bonchev–Trinajstić information content (AvgIpc) is 2.67. The predicted molar refractivity (Wildman–Crippen MR) is 105 cm³/mol. The molecule has 8 heteroatoms. The zero-order valence-electron chi connectivity index (χ0n) is 15.0. The van der Waals surface area contributed by atoms with Gasteiger partial charge in [-0.2, -0.15) is 0 Å². The molecule has 0 radical (unpaired) electrons. The van der Waals surface area contributed by atoms with Crippen LogP contribution in [-0.2, 0) is 16.6 Å². The smallest absolute Gasteiger partial charge is 0.273 e. The molecule has 0 saturated heterocycles. The number of nitrogens with one attached hydrogen (secondary N) is 1. The van der Waals surface area contributed by atoms with Gasteiger partial charge in [-0.15, -0.1) is 0 Å². The summed E-state index contributed by atoms with van der Waals surface area (Å²) in [6, 6.07) is 20.1. The Balaban J connectivity index is 1.74. The molecule has 0 heterocycles. The van der Waals surface area contributed by atoms with Crippen molar-refractivity contribution in [1.29, 1.82) is 0 Å². The Morgan fingerprint density at radius 2 is 1.68 bits per heavy atom. The predicted octanol–water partition coefficient (Wildman–Crippen LogP) is 4.17. The Morgan fingerprint density at radius 1 is 0.964 bits per heavy atom. The van der Waals surface area contributed by atoms with Crippen molar-refractivity contribution >= 4 is 15.7 Å². The highest BCUT2D eigenvalue weighted by Crippen LogP contribution is 2.24. The first kappa shape index (κ1) is 19.5. The molecule has 0 aliphatic heterocycles. The van der Waals surface area contributed by atoms with E-state index in [9.17, 15) is 18.5 Å². The van der Waals surface area contributed by atoms with Crippen LogP contribution in [0.5, 0.6) is 11.5 Å². The maximum atomic E-state index is 12.5. The summed E-state index contributed by atoms with van der Waals surface area (Å²) < 4.78 is 33.2. The minimum atomic E-state index is -3.90. The molecule has 0 aromatic heterocycles. The van der Waals surface area contributed by atoms with Gasteiger partial charge in [-0.05, 0) is 42.8 Å². The molecule has 1 N–H and O–H groups in total. The van der Waals surface area contributed by atoms with Crippen LogP contribution in [0.2, 0.25) is 0 Å². The number of hydrogen-bond donors (Lipinski definition) is 1. The van der Waals surface area contributed by atoms with E-state index in [0.29, 0.717) is 22.6 Å². The second-order valence-electron chi connectivity index (χ2n) is 6.09. The highest BCUT2D eigenvalue weighted by molar-refractivity contribution is 7.89. The summed E-state index contributed by atoms with van der Waals surface area (Å²) in [7, 11) is -3.90. The van der Waals surface area contributed by atoms with Crippen molar-refractivity contribution in [1.82, 2.24) is 4.72 Å². The van der Waals surface area contributed by atoms with Gasteiger partial charge in [-0.25, -0.2) is 13.1 Å². The molecule has 7 nitrogen and oxygen atoms in total. The van der Waals surface area contributed by atoms with Gasteiger partial charge in [0.25, 0.3) is 5.69 Å². The fourth-order valence-corrected chi connectivity index (χ4v) is 3.60. The van der Waals surface area contributed by atoms with Crippen molar-refractivity contribution in [2.45, 2.75) is 18.4 Å². The van der Waals surface area contributed by atoms with Crippen LogP contribution in [-0.4, -0.2) is 13.3 Å². The maximum Gasteiger partial charge on any atom is 0.273 e. The molecule has 0 spiro atoms. The van der Waals surface area contributed by atoms with E-state index in [4.69, 9.17) is 4.74 Å². The summed E-state index contributed by atoms with van der Waals surface area (Å²) in [5, 5.41) is 11.0. The van der Waals surface area contributed by atoms with Crippen LogP contribution in [0.15, 0.2) is 77.7 Å². The van der Waals surface area contributed by atoms with Crippen LogP contribution in [0.4, 0.5) is 5.69 Å². The normalized spacial score (nSPS) is 11.2. The molecule has 0 bridgehead atoms. The average molecular weight is 398 g/mol. The van der Waals surface area contributed by atoms with E-state index in [1.165, 1.54) is 12.1 Å². The quantitative estimate of drug-likeness (QED) is 0.476. The van der Waals surface area contributed by atoms with Gasteiger partial charge in [0.15, 0.2) is 0 Å². The van der Waals surface area contributed by atoms with E-state index < -0.39 is 14.9 Å². The van der Waals surface area contributed by atoms with Crippen LogP contribution in [0.25, 0.3) is 0 Å². The van der Waals surface area contributed by atoms with Crippen molar-refractivity contribution in [2.24, 2.45) is 0 Å². The largest absolute Gasteiger partial charge is 0.457 e. The lowest BCUT2D eigenvalue weighted by Crippen LogP contribution is -2.23. The van der Waals surface area contributed by atoms with Crippen molar-refractivity contribution < 1.29 is 18.1 Å². The van der Waals surface area contributed by atoms with Crippen LogP contribution >= 0.6 is 0 Å². The number of hydrogen-bond acceptors (Lipinski definition) is 5. The van der Waals surface area contributed by atoms with Gasteiger partial charge >= 0.3 is 0 Å². The second kappa shape index (κ2) is 8.20. The lowest BCUT2D eigenvalue weighted by molar-refractivity contribution is -0.385. The van der Waals surface area contributed by atoms with Crippen molar-refractivity contribution in [3.8, 4) is 11.5 Å². The number of sulfonamides is 1. The summed E-state index contributed by atoms with van der Waals surface area (Å²) in [5.41, 5.74) is 0.856. The van der Waals surface area contributed by atoms with Crippen LogP contribution in [0.3, 0.4) is 0 Å². The minimum absolute atomic E-state index is 0.0238. The Bertz CT molecular complexity index is 1100. The molecular weight excluding hydrogens is 380 g/mol. The zero-order valence-corrected chi connectivity index (χ0v) is 15.8. The van der Waals surface area contributed by atoms with Crippen molar-refractivity contribution in [2.75, 3.05) is 0 Å². The Morgan fingerprint density at radius 3 is 2.39 bits per heavy atom. The number of para-hydroxylation sites is 1. The molecule has 28 heavy (non-hydrogen) atoms. The van der Waals surface area contributed by atoms with E-state index in [1.54, 1.807) is 31.2 Å². The van der Waals surface area contributed by atoms with Gasteiger partial charge in [0.05, 0.1) is 9.82 Å². The number of benzene rings is 3. The molecule has 3 aromatic carbocycles. The van der Waals surface area contributed by atoms with Gasteiger partial charge in [0.1, 0.15) is 11.5 Å². The first-order chi connectivity index (χ1) is 13.3. The number of nitrogens with zero attached hydrogens (tertiary/aromatic N) is 1. The standard InChI is InChI=1S/C20H18N2O5S/c1-15-10-11-19(13-20(15)22(23)24)28(25,26)21-14-16-6-5-9-18(12-16)27-17-7-3-2-4-8-17/h2-13,21H,14H2,1H3. The number of nitro groups is 1. The molecule has 144 valence electrons. The summed E-state index contributed by atoms with van der Waals surface area (Å²) in [4.78, 5) is 10.3. The lowest BCUT2D eigenvalue weighted by atomic mass is 10.2.